The lowest BCUT2D eigenvalue weighted by Crippen LogP contribution is -2.44. The van der Waals surface area contributed by atoms with Crippen molar-refractivity contribution in [3.8, 4) is 0 Å². The van der Waals surface area contributed by atoms with Crippen molar-refractivity contribution in [2.75, 3.05) is 26.4 Å². The first-order chi connectivity index (χ1) is 15.2. The summed E-state index contributed by atoms with van der Waals surface area (Å²) in [4.78, 5) is 43.6. The number of benzene rings is 1. The van der Waals surface area contributed by atoms with Crippen molar-refractivity contribution in [1.29, 1.82) is 0 Å². The Morgan fingerprint density at radius 3 is 2.28 bits per heavy atom. The van der Waals surface area contributed by atoms with E-state index >= 15 is 0 Å². The zero-order valence-corrected chi connectivity index (χ0v) is 19.9. The summed E-state index contributed by atoms with van der Waals surface area (Å²) in [7, 11) is 0. The van der Waals surface area contributed by atoms with E-state index in [9.17, 15) is 14.4 Å². The van der Waals surface area contributed by atoms with Gasteiger partial charge in [0.25, 0.3) is 5.91 Å². The van der Waals surface area contributed by atoms with E-state index in [1.165, 1.54) is 0 Å². The largest absolute Gasteiger partial charge is 0.461 e. The number of H-pyrrole nitrogens is 1. The van der Waals surface area contributed by atoms with E-state index in [0.717, 1.165) is 5.56 Å². The van der Waals surface area contributed by atoms with E-state index in [2.05, 4.69) is 4.98 Å². The van der Waals surface area contributed by atoms with Crippen LogP contribution in [-0.2, 0) is 9.47 Å². The summed E-state index contributed by atoms with van der Waals surface area (Å²) >= 11 is 0. The van der Waals surface area contributed by atoms with E-state index in [1.807, 2.05) is 26.0 Å². The molecule has 0 aliphatic heterocycles. The molecule has 2 rings (SSSR count). The molecule has 174 valence electrons. The highest BCUT2D eigenvalue weighted by atomic mass is 16.5. The molecule has 7 heteroatoms. The van der Waals surface area contributed by atoms with Crippen molar-refractivity contribution >= 4 is 17.7 Å². The van der Waals surface area contributed by atoms with E-state index < -0.39 is 12.0 Å². The number of ketones is 1. The summed E-state index contributed by atoms with van der Waals surface area (Å²) in [6.07, 6.45) is 0.613. The Morgan fingerprint density at radius 2 is 1.69 bits per heavy atom. The normalized spacial score (nSPS) is 11.8. The number of Topliss-reactive ketones (excluding diaryl/α,β-unsaturated/α-hetero) is 1. The second-order valence-electron chi connectivity index (χ2n) is 7.80. The fourth-order valence-corrected chi connectivity index (χ4v) is 3.69. The number of hydrogen-bond donors (Lipinski definition) is 1. The van der Waals surface area contributed by atoms with Gasteiger partial charge in [0, 0.05) is 36.6 Å². The first kappa shape index (κ1) is 25.3. The molecule has 0 aliphatic rings. The molecule has 0 fully saturated rings. The number of aromatic amines is 1. The highest BCUT2D eigenvalue weighted by molar-refractivity contribution is 6.07. The summed E-state index contributed by atoms with van der Waals surface area (Å²) in [6.45, 7) is 12.5. The molecule has 0 saturated carbocycles. The SMILES string of the molecule is CCOCCCN(C(=O)c1ccc(C)cc1)C(C)C(=O)c1c(C)[nH]c(C(=O)OCC)c1C. The molecule has 1 heterocycles. The minimum absolute atomic E-state index is 0.209. The van der Waals surface area contributed by atoms with Crippen LogP contribution in [0.4, 0.5) is 0 Å². The smallest absolute Gasteiger partial charge is 0.355 e. The molecule has 1 N–H and O–H groups in total. The molecule has 32 heavy (non-hydrogen) atoms. The minimum Gasteiger partial charge on any atom is -0.461 e. The Kier molecular flexibility index (Phi) is 9.20. The maximum Gasteiger partial charge on any atom is 0.355 e. The molecule has 2 aromatic rings. The lowest BCUT2D eigenvalue weighted by molar-refractivity contribution is 0.0518. The van der Waals surface area contributed by atoms with Gasteiger partial charge in [-0.2, -0.15) is 0 Å². The Hall–Kier alpha value is -2.93. The molecular weight excluding hydrogens is 408 g/mol. The molecule has 0 aliphatic carbocycles. The number of hydrogen-bond acceptors (Lipinski definition) is 5. The van der Waals surface area contributed by atoms with Gasteiger partial charge in [-0.25, -0.2) is 4.79 Å². The molecule has 1 amide bonds. The number of aromatic nitrogens is 1. The molecule has 1 atom stereocenters. The molecule has 7 nitrogen and oxygen atoms in total. The van der Waals surface area contributed by atoms with Crippen molar-refractivity contribution < 1.29 is 23.9 Å². The van der Waals surface area contributed by atoms with Crippen LogP contribution in [0.2, 0.25) is 0 Å². The quantitative estimate of drug-likeness (QED) is 0.319. The van der Waals surface area contributed by atoms with Crippen molar-refractivity contribution in [2.24, 2.45) is 0 Å². The van der Waals surface area contributed by atoms with Gasteiger partial charge in [-0.15, -0.1) is 0 Å². The summed E-state index contributed by atoms with van der Waals surface area (Å²) in [6, 6.07) is 6.59. The number of amides is 1. The number of ether oxygens (including phenoxy) is 2. The zero-order chi connectivity index (χ0) is 23.8. The minimum atomic E-state index is -0.714. The topological polar surface area (TPSA) is 88.7 Å². The van der Waals surface area contributed by atoms with E-state index in [4.69, 9.17) is 9.47 Å². The zero-order valence-electron chi connectivity index (χ0n) is 19.9. The maximum atomic E-state index is 13.5. The number of nitrogens with one attached hydrogen (secondary N) is 1. The van der Waals surface area contributed by atoms with E-state index in [-0.39, 0.29) is 24.0 Å². The van der Waals surface area contributed by atoms with Crippen molar-refractivity contribution in [2.45, 2.75) is 54.0 Å². The number of carbonyl (C=O) groups is 3. The summed E-state index contributed by atoms with van der Waals surface area (Å²) < 4.78 is 10.5. The predicted molar refractivity (Wildman–Crippen MR) is 123 cm³/mol. The van der Waals surface area contributed by atoms with Crippen molar-refractivity contribution in [1.82, 2.24) is 9.88 Å². The average Bonchev–Trinajstić information content (AvgIpc) is 3.07. The highest BCUT2D eigenvalue weighted by Gasteiger charge is 2.31. The van der Waals surface area contributed by atoms with Gasteiger partial charge in [-0.05, 0) is 65.7 Å². The second kappa shape index (κ2) is 11.6. The van der Waals surface area contributed by atoms with Crippen LogP contribution in [0.1, 0.15) is 75.2 Å². The van der Waals surface area contributed by atoms with Gasteiger partial charge in [0.2, 0.25) is 0 Å². The first-order valence-electron chi connectivity index (χ1n) is 11.1. The Morgan fingerprint density at radius 1 is 1.03 bits per heavy atom. The molecule has 0 spiro atoms. The van der Waals surface area contributed by atoms with Crippen LogP contribution in [0.5, 0.6) is 0 Å². The van der Waals surface area contributed by atoms with Gasteiger partial charge in [0.15, 0.2) is 5.78 Å². The fourth-order valence-electron chi connectivity index (χ4n) is 3.69. The van der Waals surface area contributed by atoms with Crippen LogP contribution in [0.15, 0.2) is 24.3 Å². The lowest BCUT2D eigenvalue weighted by atomic mass is 9.99. The van der Waals surface area contributed by atoms with Gasteiger partial charge < -0.3 is 19.4 Å². The number of aryl methyl sites for hydroxylation is 2. The Labute approximate surface area is 190 Å². The van der Waals surface area contributed by atoms with Crippen LogP contribution < -0.4 is 0 Å². The van der Waals surface area contributed by atoms with Crippen molar-refractivity contribution in [3.63, 3.8) is 0 Å². The molecule has 1 unspecified atom stereocenters. The molecule has 0 radical (unpaired) electrons. The molecule has 1 aromatic carbocycles. The van der Waals surface area contributed by atoms with Crippen LogP contribution in [0.25, 0.3) is 0 Å². The highest BCUT2D eigenvalue weighted by Crippen LogP contribution is 2.23. The molecule has 0 bridgehead atoms. The third-order valence-electron chi connectivity index (χ3n) is 5.46. The van der Waals surface area contributed by atoms with Gasteiger partial charge in [-0.3, -0.25) is 9.59 Å². The average molecular weight is 443 g/mol. The van der Waals surface area contributed by atoms with Crippen LogP contribution >= 0.6 is 0 Å². The fraction of sp³-hybridized carbons (Fsp3) is 0.480. The lowest BCUT2D eigenvalue weighted by Gasteiger charge is -2.29. The van der Waals surface area contributed by atoms with Gasteiger partial charge in [0.1, 0.15) is 5.69 Å². The summed E-state index contributed by atoms with van der Waals surface area (Å²) in [5, 5.41) is 0. The van der Waals surface area contributed by atoms with Crippen LogP contribution in [-0.4, -0.2) is 60.0 Å². The van der Waals surface area contributed by atoms with Crippen LogP contribution in [0, 0.1) is 20.8 Å². The standard InChI is InChI=1S/C25H34N2O5/c1-7-31-15-9-14-27(24(29)20-12-10-16(3)11-13-20)19(6)23(28)21-17(4)22(26-18(21)5)25(30)32-8-2/h10-13,19,26H,7-9,14-15H2,1-6H3. The Balaban J connectivity index is 2.34. The molecule has 0 saturated heterocycles. The molecule has 1 aromatic heterocycles. The third kappa shape index (κ3) is 5.85. The maximum absolute atomic E-state index is 13.5. The number of nitrogens with zero attached hydrogens (tertiary/aromatic N) is 1. The first-order valence-corrected chi connectivity index (χ1v) is 11.1. The molecular formula is C25H34N2O5. The summed E-state index contributed by atoms with van der Waals surface area (Å²) in [5.74, 6) is -0.924. The van der Waals surface area contributed by atoms with E-state index in [1.54, 1.807) is 44.7 Å². The number of rotatable bonds is 11. The monoisotopic (exact) mass is 442 g/mol. The predicted octanol–water partition coefficient (Wildman–Crippen LogP) is 4.26. The number of carbonyl (C=O) groups excluding carboxylic acids is 3. The Bertz CT molecular complexity index is 946. The number of esters is 1. The van der Waals surface area contributed by atoms with Crippen molar-refractivity contribution in [3.05, 3.63) is 57.9 Å². The van der Waals surface area contributed by atoms with E-state index in [0.29, 0.717) is 48.6 Å². The van der Waals surface area contributed by atoms with Crippen LogP contribution in [0.3, 0.4) is 0 Å². The van der Waals surface area contributed by atoms with Gasteiger partial charge >= 0.3 is 5.97 Å². The second-order valence-corrected chi connectivity index (χ2v) is 7.80. The summed E-state index contributed by atoms with van der Waals surface area (Å²) in [5.41, 5.74) is 3.40. The third-order valence-corrected chi connectivity index (χ3v) is 5.46. The van der Waals surface area contributed by atoms with Gasteiger partial charge in [-0.1, -0.05) is 17.7 Å². The van der Waals surface area contributed by atoms with Gasteiger partial charge in [0.05, 0.1) is 12.6 Å².